The summed E-state index contributed by atoms with van der Waals surface area (Å²) in [5.74, 6) is 0.349. The maximum atomic E-state index is 12.4. The second-order valence-electron chi connectivity index (χ2n) is 7.07. The van der Waals surface area contributed by atoms with Crippen LogP contribution in [0.2, 0.25) is 0 Å². The molecule has 2 rings (SSSR count). The minimum Gasteiger partial charge on any atom is -0.171 e. The second kappa shape index (κ2) is 8.58. The first-order valence-electron chi connectivity index (χ1n) is 9.01. The molecule has 0 nitrogen and oxygen atoms in total. The van der Waals surface area contributed by atoms with E-state index in [4.69, 9.17) is 0 Å². The first-order valence-corrected chi connectivity index (χ1v) is 9.01. The molecule has 0 N–H and O–H groups in total. The molecule has 136 valence electrons. The van der Waals surface area contributed by atoms with E-state index in [0.29, 0.717) is 5.92 Å². The van der Waals surface area contributed by atoms with Crippen LogP contribution in [0.15, 0.2) is 41.7 Å². The van der Waals surface area contributed by atoms with Crippen molar-refractivity contribution in [2.75, 3.05) is 0 Å². The van der Waals surface area contributed by atoms with E-state index in [0.717, 1.165) is 37.7 Å². The Bertz CT molecular complexity index is 680. The van der Waals surface area contributed by atoms with Gasteiger partial charge in [-0.1, -0.05) is 37.1 Å². The van der Waals surface area contributed by atoms with Crippen molar-refractivity contribution >= 4 is 0 Å². The molecule has 0 amide bonds. The molecule has 0 heterocycles. The molecule has 0 aromatic heterocycles. The maximum absolute atomic E-state index is 12.4. The van der Waals surface area contributed by atoms with Crippen molar-refractivity contribution in [1.82, 2.24) is 0 Å². The van der Waals surface area contributed by atoms with Crippen LogP contribution in [0.3, 0.4) is 0 Å². The van der Waals surface area contributed by atoms with E-state index in [2.05, 4.69) is 38.6 Å². The van der Waals surface area contributed by atoms with Crippen LogP contribution in [0.4, 0.5) is 13.2 Å². The van der Waals surface area contributed by atoms with Gasteiger partial charge in [-0.05, 0) is 79.9 Å². The van der Waals surface area contributed by atoms with Crippen molar-refractivity contribution in [3.8, 4) is 0 Å². The normalized spacial score (nSPS) is 15.6. The van der Waals surface area contributed by atoms with E-state index in [1.54, 1.807) is 6.08 Å². The van der Waals surface area contributed by atoms with Gasteiger partial charge < -0.3 is 0 Å². The number of hydrogen-bond donors (Lipinski definition) is 0. The summed E-state index contributed by atoms with van der Waals surface area (Å²) in [4.78, 5) is 0. The Morgan fingerprint density at radius 2 is 1.72 bits per heavy atom. The number of allylic oxidation sites excluding steroid dienone is 3. The Hall–Kier alpha value is -1.73. The molecule has 0 aliphatic heterocycles. The van der Waals surface area contributed by atoms with Crippen LogP contribution < -0.4 is 0 Å². The lowest BCUT2D eigenvalue weighted by Gasteiger charge is -2.09. The largest absolute Gasteiger partial charge is 0.392 e. The number of aryl methyl sites for hydroxylation is 3. The summed E-state index contributed by atoms with van der Waals surface area (Å²) in [6, 6.07) is 4.38. The third kappa shape index (κ3) is 6.25. The summed E-state index contributed by atoms with van der Waals surface area (Å²) in [6.45, 7) is 6.30. The highest BCUT2D eigenvalue weighted by Crippen LogP contribution is 2.32. The predicted octanol–water partition coefficient (Wildman–Crippen LogP) is 6.93. The average molecular weight is 348 g/mol. The van der Waals surface area contributed by atoms with Gasteiger partial charge in [-0.25, -0.2) is 0 Å². The predicted molar refractivity (Wildman–Crippen MR) is 97.7 cm³/mol. The number of rotatable bonds is 5. The van der Waals surface area contributed by atoms with E-state index in [-0.39, 0.29) is 0 Å². The summed E-state index contributed by atoms with van der Waals surface area (Å²) in [5, 5.41) is 0. The topological polar surface area (TPSA) is 0 Å². The van der Waals surface area contributed by atoms with Crippen LogP contribution in [0.1, 0.15) is 54.4 Å². The van der Waals surface area contributed by atoms with Crippen molar-refractivity contribution < 1.29 is 13.2 Å². The fourth-order valence-electron chi connectivity index (χ4n) is 3.38. The van der Waals surface area contributed by atoms with Gasteiger partial charge in [0.15, 0.2) is 0 Å². The van der Waals surface area contributed by atoms with Gasteiger partial charge in [-0.15, -0.1) is 5.73 Å². The molecule has 0 atom stereocenters. The molecule has 1 aromatic carbocycles. The van der Waals surface area contributed by atoms with Crippen LogP contribution in [0.5, 0.6) is 0 Å². The lowest BCUT2D eigenvalue weighted by Crippen LogP contribution is -2.04. The Kier molecular flexibility index (Phi) is 6.72. The molecular weight excluding hydrogens is 321 g/mol. The van der Waals surface area contributed by atoms with Crippen LogP contribution >= 0.6 is 0 Å². The summed E-state index contributed by atoms with van der Waals surface area (Å²) >= 11 is 0. The van der Waals surface area contributed by atoms with E-state index in [9.17, 15) is 13.2 Å². The summed E-state index contributed by atoms with van der Waals surface area (Å²) in [5.41, 5.74) is 9.26. The van der Waals surface area contributed by atoms with E-state index >= 15 is 0 Å². The molecule has 1 fully saturated rings. The number of alkyl halides is 3. The zero-order chi connectivity index (χ0) is 18.4. The SMILES string of the molecule is Cc1cc(C)c(CC=C=C(/C=C\CC(F)(F)F)C2CCCC2)cc1C. The van der Waals surface area contributed by atoms with Crippen molar-refractivity contribution in [2.24, 2.45) is 5.92 Å². The molecule has 0 spiro atoms. The number of benzene rings is 1. The summed E-state index contributed by atoms with van der Waals surface area (Å²) < 4.78 is 37.1. The standard InChI is InChI=1S/C22H27F3/c1-16-14-18(3)21(15-17(16)2)11-6-10-20(19-8-4-5-9-19)12-7-13-22(23,24)25/h6-7,12,14-15,19H,4-5,8-9,11,13H2,1-3H3/b12-7-. The number of hydrogen-bond acceptors (Lipinski definition) is 0. The molecular formula is C22H27F3. The molecule has 3 heteroatoms. The molecule has 0 bridgehead atoms. The third-order valence-corrected chi connectivity index (χ3v) is 4.98. The molecule has 1 aliphatic rings. The van der Waals surface area contributed by atoms with Gasteiger partial charge >= 0.3 is 6.18 Å². The Morgan fingerprint density at radius 3 is 2.36 bits per heavy atom. The van der Waals surface area contributed by atoms with E-state index in [1.165, 1.54) is 28.3 Å². The van der Waals surface area contributed by atoms with Crippen molar-refractivity contribution in [1.29, 1.82) is 0 Å². The fourth-order valence-corrected chi connectivity index (χ4v) is 3.38. The zero-order valence-corrected chi connectivity index (χ0v) is 15.3. The molecule has 1 aliphatic carbocycles. The fraction of sp³-hybridized carbons (Fsp3) is 0.500. The second-order valence-corrected chi connectivity index (χ2v) is 7.07. The Labute approximate surface area is 149 Å². The summed E-state index contributed by atoms with van der Waals surface area (Å²) in [6.07, 6.45) is 4.99. The quantitative estimate of drug-likeness (QED) is 0.399. The molecule has 0 radical (unpaired) electrons. The highest BCUT2D eigenvalue weighted by Gasteiger charge is 2.25. The molecule has 1 aromatic rings. The van der Waals surface area contributed by atoms with Crippen LogP contribution in [-0.4, -0.2) is 6.18 Å². The third-order valence-electron chi connectivity index (χ3n) is 4.98. The van der Waals surface area contributed by atoms with Gasteiger partial charge in [0.2, 0.25) is 0 Å². The molecule has 1 saturated carbocycles. The van der Waals surface area contributed by atoms with Gasteiger partial charge in [0.05, 0.1) is 6.42 Å². The van der Waals surface area contributed by atoms with Gasteiger partial charge in [0.25, 0.3) is 0 Å². The first-order chi connectivity index (χ1) is 11.8. The maximum Gasteiger partial charge on any atom is 0.392 e. The lowest BCUT2D eigenvalue weighted by atomic mass is 9.96. The van der Waals surface area contributed by atoms with E-state index in [1.807, 2.05) is 6.08 Å². The first kappa shape index (κ1) is 19.6. The summed E-state index contributed by atoms with van der Waals surface area (Å²) in [7, 11) is 0. The Balaban J connectivity index is 2.18. The van der Waals surface area contributed by atoms with Gasteiger partial charge in [-0.2, -0.15) is 13.2 Å². The van der Waals surface area contributed by atoms with Gasteiger partial charge in [0, 0.05) is 0 Å². The monoisotopic (exact) mass is 348 g/mol. The van der Waals surface area contributed by atoms with Crippen LogP contribution in [0.25, 0.3) is 0 Å². The average Bonchev–Trinajstić information content (AvgIpc) is 3.03. The zero-order valence-electron chi connectivity index (χ0n) is 15.3. The van der Waals surface area contributed by atoms with Crippen LogP contribution in [-0.2, 0) is 6.42 Å². The smallest absolute Gasteiger partial charge is 0.171 e. The van der Waals surface area contributed by atoms with Crippen molar-refractivity contribution in [3.63, 3.8) is 0 Å². The van der Waals surface area contributed by atoms with Gasteiger partial charge in [0.1, 0.15) is 0 Å². The minimum absolute atomic E-state index is 0.349. The van der Waals surface area contributed by atoms with Crippen molar-refractivity contribution in [2.45, 2.75) is 65.5 Å². The molecule has 0 saturated heterocycles. The number of halogens is 3. The molecule has 0 unspecified atom stereocenters. The highest BCUT2D eigenvalue weighted by molar-refractivity contribution is 5.37. The Morgan fingerprint density at radius 1 is 1.08 bits per heavy atom. The van der Waals surface area contributed by atoms with Crippen molar-refractivity contribution in [3.05, 3.63) is 63.9 Å². The van der Waals surface area contributed by atoms with Gasteiger partial charge in [-0.3, -0.25) is 0 Å². The minimum atomic E-state index is -4.14. The highest BCUT2D eigenvalue weighted by atomic mass is 19.4. The van der Waals surface area contributed by atoms with Crippen LogP contribution in [0, 0.1) is 26.7 Å². The lowest BCUT2D eigenvalue weighted by molar-refractivity contribution is -0.125. The van der Waals surface area contributed by atoms with E-state index < -0.39 is 12.6 Å². The molecule has 25 heavy (non-hydrogen) atoms.